The van der Waals surface area contributed by atoms with Crippen LogP contribution in [0.25, 0.3) is 22.2 Å². The Morgan fingerprint density at radius 2 is 2.19 bits per heavy atom. The Bertz CT molecular complexity index is 875. The number of ether oxygens (including phenoxy) is 1. The number of esters is 1. The minimum atomic E-state index is -0.479. The van der Waals surface area contributed by atoms with Crippen LogP contribution in [0.2, 0.25) is 0 Å². The molecule has 0 atom stereocenters. The van der Waals surface area contributed by atoms with E-state index in [1.807, 2.05) is 0 Å². The van der Waals surface area contributed by atoms with Gasteiger partial charge in [-0.1, -0.05) is 6.07 Å². The first-order valence-electron chi connectivity index (χ1n) is 6.19. The number of carbonyl (C=O) groups excluding carboxylic acids is 1. The van der Waals surface area contributed by atoms with Gasteiger partial charge >= 0.3 is 5.97 Å². The number of hydrogen-bond acceptors (Lipinski definition) is 5. The zero-order valence-electron chi connectivity index (χ0n) is 11.2. The molecule has 3 rings (SSSR count). The molecule has 0 saturated heterocycles. The largest absolute Gasteiger partial charge is 0.465 e. The number of furan rings is 1. The van der Waals surface area contributed by atoms with Gasteiger partial charge in [0, 0.05) is 17.1 Å². The van der Waals surface area contributed by atoms with E-state index in [4.69, 9.17) is 4.42 Å². The van der Waals surface area contributed by atoms with Gasteiger partial charge in [0.05, 0.1) is 36.3 Å². The van der Waals surface area contributed by atoms with E-state index in [1.165, 1.54) is 13.2 Å². The smallest absolute Gasteiger partial charge is 0.337 e. The highest BCUT2D eigenvalue weighted by Gasteiger charge is 2.14. The molecule has 102 valence electrons. The molecular formula is C16H10N2O3. The van der Waals surface area contributed by atoms with E-state index in [2.05, 4.69) is 15.8 Å². The van der Waals surface area contributed by atoms with Gasteiger partial charge in [0.25, 0.3) is 0 Å². The number of hydrogen-bond donors (Lipinski definition) is 0. The van der Waals surface area contributed by atoms with Crippen molar-refractivity contribution in [2.24, 2.45) is 0 Å². The molecule has 5 nitrogen and oxygen atoms in total. The van der Waals surface area contributed by atoms with Crippen LogP contribution in [0.4, 0.5) is 0 Å². The van der Waals surface area contributed by atoms with Crippen LogP contribution >= 0.6 is 0 Å². The molecule has 0 fully saturated rings. The fourth-order valence-corrected chi connectivity index (χ4v) is 2.20. The lowest BCUT2D eigenvalue weighted by atomic mass is 10.00. The lowest BCUT2D eigenvalue weighted by molar-refractivity contribution is 0.0600. The van der Waals surface area contributed by atoms with Crippen LogP contribution in [0.15, 0.2) is 47.2 Å². The molecule has 2 aromatic heterocycles. The van der Waals surface area contributed by atoms with Gasteiger partial charge in [0.1, 0.15) is 5.58 Å². The normalized spacial score (nSPS) is 10.3. The number of carbonyl (C=O) groups is 1. The summed E-state index contributed by atoms with van der Waals surface area (Å²) in [5.41, 5.74) is 2.68. The minimum Gasteiger partial charge on any atom is -0.465 e. The summed E-state index contributed by atoms with van der Waals surface area (Å²) in [6.45, 7) is 0. The van der Waals surface area contributed by atoms with Crippen molar-refractivity contribution in [2.75, 3.05) is 7.11 Å². The maximum absolute atomic E-state index is 11.5. The van der Waals surface area contributed by atoms with Crippen LogP contribution in [-0.4, -0.2) is 18.1 Å². The standard InChI is InChI=1S/C16H10N2O3/c1-20-16(19)10-2-3-12(11(8-10)9-17)15-13-5-7-21-14(13)4-6-18-15/h2-8H,1H3. The van der Waals surface area contributed by atoms with Crippen LogP contribution in [0.5, 0.6) is 0 Å². The second-order valence-electron chi connectivity index (χ2n) is 4.36. The monoisotopic (exact) mass is 278 g/mol. The summed E-state index contributed by atoms with van der Waals surface area (Å²) in [5.74, 6) is -0.479. The van der Waals surface area contributed by atoms with Crippen LogP contribution in [0.1, 0.15) is 15.9 Å². The summed E-state index contributed by atoms with van der Waals surface area (Å²) in [7, 11) is 1.30. The molecule has 1 aromatic carbocycles. The van der Waals surface area contributed by atoms with Crippen LogP contribution < -0.4 is 0 Å². The molecular weight excluding hydrogens is 268 g/mol. The highest BCUT2D eigenvalue weighted by atomic mass is 16.5. The van der Waals surface area contributed by atoms with E-state index in [0.717, 1.165) is 5.39 Å². The maximum Gasteiger partial charge on any atom is 0.337 e. The molecule has 0 saturated carbocycles. The van der Waals surface area contributed by atoms with Crippen molar-refractivity contribution in [2.45, 2.75) is 0 Å². The Labute approximate surface area is 120 Å². The molecule has 0 amide bonds. The zero-order valence-corrected chi connectivity index (χ0v) is 11.2. The topological polar surface area (TPSA) is 76.1 Å². The number of methoxy groups -OCH3 is 1. The third-order valence-corrected chi connectivity index (χ3v) is 3.20. The summed E-state index contributed by atoms with van der Waals surface area (Å²) in [4.78, 5) is 15.9. The Hall–Kier alpha value is -3.13. The van der Waals surface area contributed by atoms with Gasteiger partial charge in [-0.15, -0.1) is 0 Å². The summed E-state index contributed by atoms with van der Waals surface area (Å²) >= 11 is 0. The fourth-order valence-electron chi connectivity index (χ4n) is 2.20. The SMILES string of the molecule is COC(=O)c1ccc(-c2nccc3occc23)c(C#N)c1. The lowest BCUT2D eigenvalue weighted by Crippen LogP contribution is -2.02. The third-order valence-electron chi connectivity index (χ3n) is 3.20. The quantitative estimate of drug-likeness (QED) is 0.673. The van der Waals surface area contributed by atoms with Crippen LogP contribution in [0.3, 0.4) is 0 Å². The highest BCUT2D eigenvalue weighted by Crippen LogP contribution is 2.30. The highest BCUT2D eigenvalue weighted by molar-refractivity contribution is 5.95. The molecule has 3 aromatic rings. The van der Waals surface area contributed by atoms with Gasteiger partial charge in [0.15, 0.2) is 0 Å². The minimum absolute atomic E-state index is 0.331. The Morgan fingerprint density at radius 1 is 1.33 bits per heavy atom. The number of benzene rings is 1. The number of nitriles is 1. The molecule has 0 N–H and O–H groups in total. The molecule has 0 radical (unpaired) electrons. The Morgan fingerprint density at radius 3 is 2.95 bits per heavy atom. The van der Waals surface area contributed by atoms with Crippen molar-refractivity contribution in [3.63, 3.8) is 0 Å². The first-order valence-corrected chi connectivity index (χ1v) is 6.19. The predicted molar refractivity (Wildman–Crippen MR) is 75.5 cm³/mol. The number of nitrogens with zero attached hydrogens (tertiary/aromatic N) is 2. The Kier molecular flexibility index (Phi) is 3.13. The summed E-state index contributed by atoms with van der Waals surface area (Å²) in [5, 5.41) is 10.1. The molecule has 0 bridgehead atoms. The molecule has 2 heterocycles. The molecule has 0 aliphatic heterocycles. The summed E-state index contributed by atoms with van der Waals surface area (Å²) < 4.78 is 10.00. The summed E-state index contributed by atoms with van der Waals surface area (Å²) in [6, 6.07) is 10.5. The number of fused-ring (bicyclic) bond motifs is 1. The van der Waals surface area contributed by atoms with Gasteiger partial charge < -0.3 is 9.15 Å². The average Bonchev–Trinajstić information content (AvgIpc) is 3.02. The molecule has 0 aliphatic carbocycles. The molecule has 0 unspecified atom stereocenters. The molecule has 5 heteroatoms. The van der Waals surface area contributed by atoms with E-state index in [1.54, 1.807) is 36.7 Å². The van der Waals surface area contributed by atoms with Crippen LogP contribution in [-0.2, 0) is 4.74 Å². The maximum atomic E-state index is 11.5. The first-order chi connectivity index (χ1) is 10.2. The van der Waals surface area contributed by atoms with E-state index >= 15 is 0 Å². The first kappa shape index (κ1) is 12.9. The van der Waals surface area contributed by atoms with Crippen molar-refractivity contribution in [1.82, 2.24) is 4.98 Å². The lowest BCUT2D eigenvalue weighted by Gasteiger charge is -2.06. The number of aromatic nitrogens is 1. The van der Waals surface area contributed by atoms with E-state index in [9.17, 15) is 10.1 Å². The Balaban J connectivity index is 2.21. The third kappa shape index (κ3) is 2.13. The van der Waals surface area contributed by atoms with Crippen molar-refractivity contribution >= 4 is 16.9 Å². The van der Waals surface area contributed by atoms with E-state index < -0.39 is 5.97 Å². The van der Waals surface area contributed by atoms with Crippen molar-refractivity contribution < 1.29 is 13.9 Å². The van der Waals surface area contributed by atoms with E-state index in [-0.39, 0.29) is 0 Å². The molecule has 21 heavy (non-hydrogen) atoms. The van der Waals surface area contributed by atoms with E-state index in [0.29, 0.717) is 28.0 Å². The fraction of sp³-hybridized carbons (Fsp3) is 0.0625. The van der Waals surface area contributed by atoms with Gasteiger partial charge in [-0.25, -0.2) is 4.79 Å². The number of rotatable bonds is 2. The van der Waals surface area contributed by atoms with Crippen molar-refractivity contribution in [1.29, 1.82) is 5.26 Å². The second kappa shape index (κ2) is 5.10. The van der Waals surface area contributed by atoms with Gasteiger partial charge in [-0.3, -0.25) is 4.98 Å². The molecule has 0 spiro atoms. The zero-order chi connectivity index (χ0) is 14.8. The molecule has 0 aliphatic rings. The van der Waals surface area contributed by atoms with Crippen LogP contribution in [0, 0.1) is 11.3 Å². The van der Waals surface area contributed by atoms with Crippen molar-refractivity contribution in [3.8, 4) is 17.3 Å². The second-order valence-corrected chi connectivity index (χ2v) is 4.36. The van der Waals surface area contributed by atoms with Crippen molar-refractivity contribution in [3.05, 3.63) is 53.9 Å². The van der Waals surface area contributed by atoms with Gasteiger partial charge in [-0.05, 0) is 24.3 Å². The van der Waals surface area contributed by atoms with Gasteiger partial charge in [-0.2, -0.15) is 5.26 Å². The average molecular weight is 278 g/mol. The van der Waals surface area contributed by atoms with Gasteiger partial charge in [0.2, 0.25) is 0 Å². The number of pyridine rings is 1. The summed E-state index contributed by atoms with van der Waals surface area (Å²) in [6.07, 6.45) is 3.20. The predicted octanol–water partition coefficient (Wildman–Crippen LogP) is 3.15.